The van der Waals surface area contributed by atoms with Crippen LogP contribution in [0.25, 0.3) is 33.5 Å². The van der Waals surface area contributed by atoms with E-state index in [1.54, 1.807) is 6.07 Å². The van der Waals surface area contributed by atoms with Gasteiger partial charge in [0.2, 0.25) is 0 Å². The summed E-state index contributed by atoms with van der Waals surface area (Å²) in [6, 6.07) is 18.2. The fourth-order valence-electron chi connectivity index (χ4n) is 3.78. The highest BCUT2D eigenvalue weighted by molar-refractivity contribution is 8.00. The van der Waals surface area contributed by atoms with Crippen LogP contribution in [-0.4, -0.2) is 62.7 Å². The minimum atomic E-state index is -0.869. The van der Waals surface area contributed by atoms with Crippen molar-refractivity contribution in [3.8, 4) is 22.4 Å². The zero-order valence-corrected chi connectivity index (χ0v) is 22.0. The fourth-order valence-corrected chi connectivity index (χ4v) is 4.88. The average Bonchev–Trinajstić information content (AvgIpc) is 3.30. The molecule has 0 saturated carbocycles. The van der Waals surface area contributed by atoms with Crippen molar-refractivity contribution in [3.05, 3.63) is 65.2 Å². The number of aromatic amines is 1. The number of carbonyl (C=O) groups is 1. The highest BCUT2D eigenvalue weighted by Gasteiger charge is 2.19. The van der Waals surface area contributed by atoms with Crippen molar-refractivity contribution >= 4 is 40.5 Å². The van der Waals surface area contributed by atoms with E-state index in [4.69, 9.17) is 21.4 Å². The Balaban J connectivity index is 1.43. The third-order valence-electron chi connectivity index (χ3n) is 5.74. The first-order valence-electron chi connectivity index (χ1n) is 12.0. The second-order valence-corrected chi connectivity index (χ2v) is 9.97. The number of thioether (sulfide) groups is 1. The lowest BCUT2D eigenvalue weighted by atomic mass is 10.0. The van der Waals surface area contributed by atoms with E-state index in [1.807, 2.05) is 31.2 Å². The molecule has 10 heteroatoms. The number of aliphatic carboxylic acids is 1. The van der Waals surface area contributed by atoms with Gasteiger partial charge in [0, 0.05) is 18.7 Å². The Morgan fingerprint density at radius 1 is 1.08 bits per heavy atom. The normalized spacial score (nSPS) is 12.2. The largest absolute Gasteiger partial charge is 0.480 e. The van der Waals surface area contributed by atoms with E-state index in [0.29, 0.717) is 46.7 Å². The number of carboxylic acid groups (broad SMARTS) is 1. The van der Waals surface area contributed by atoms with Crippen molar-refractivity contribution in [1.29, 1.82) is 0 Å². The van der Waals surface area contributed by atoms with Crippen LogP contribution in [-0.2, 0) is 16.1 Å². The van der Waals surface area contributed by atoms with Gasteiger partial charge in [0.25, 0.3) is 0 Å². The summed E-state index contributed by atoms with van der Waals surface area (Å²) in [6.07, 6.45) is 0.490. The molecule has 0 fully saturated rings. The molecule has 8 nitrogen and oxygen atoms in total. The number of carboxylic acids is 1. The summed E-state index contributed by atoms with van der Waals surface area (Å²) < 4.78 is 5.24. The SMILES string of the molecule is CCC(Sc1nc2nc(-c3ccc(-c4ccc(CNCCOCCO)cc4)cc3)c(Cl)cc2[nH]1)C(=O)O. The molecular formula is C27H29ClN4O4S. The Kier molecular flexibility index (Phi) is 9.54. The van der Waals surface area contributed by atoms with Crippen LogP contribution in [0.4, 0.5) is 0 Å². The highest BCUT2D eigenvalue weighted by Crippen LogP contribution is 2.32. The Labute approximate surface area is 224 Å². The predicted octanol–water partition coefficient (Wildman–Crippen LogP) is 5.00. The summed E-state index contributed by atoms with van der Waals surface area (Å²) in [7, 11) is 0. The molecule has 1 unspecified atom stereocenters. The number of fused-ring (bicyclic) bond motifs is 1. The molecule has 37 heavy (non-hydrogen) atoms. The first kappa shape index (κ1) is 27.1. The number of rotatable bonds is 13. The molecule has 0 bridgehead atoms. The molecule has 0 aliphatic rings. The summed E-state index contributed by atoms with van der Waals surface area (Å²) >= 11 is 7.72. The van der Waals surface area contributed by atoms with Gasteiger partial charge in [-0.25, -0.2) is 9.97 Å². The number of nitrogens with zero attached hydrogens (tertiary/aromatic N) is 2. The van der Waals surface area contributed by atoms with Gasteiger partial charge >= 0.3 is 5.97 Å². The van der Waals surface area contributed by atoms with Gasteiger partial charge in [-0.15, -0.1) is 0 Å². The van der Waals surface area contributed by atoms with Crippen LogP contribution in [0.3, 0.4) is 0 Å². The van der Waals surface area contributed by atoms with E-state index >= 15 is 0 Å². The number of hydrogen-bond acceptors (Lipinski definition) is 7. The number of hydrogen-bond donors (Lipinski definition) is 4. The van der Waals surface area contributed by atoms with E-state index in [2.05, 4.69) is 44.5 Å². The van der Waals surface area contributed by atoms with Gasteiger partial charge in [0.15, 0.2) is 10.8 Å². The lowest BCUT2D eigenvalue weighted by Crippen LogP contribution is -2.19. The van der Waals surface area contributed by atoms with Crippen LogP contribution < -0.4 is 5.32 Å². The maximum atomic E-state index is 11.4. The molecule has 0 saturated heterocycles. The molecule has 194 valence electrons. The Bertz CT molecular complexity index is 1330. The molecule has 0 amide bonds. The fraction of sp³-hybridized carbons (Fsp3) is 0.296. The lowest BCUT2D eigenvalue weighted by Gasteiger charge is -2.08. The van der Waals surface area contributed by atoms with E-state index in [-0.39, 0.29) is 6.61 Å². The number of nitrogens with one attached hydrogen (secondary N) is 2. The smallest absolute Gasteiger partial charge is 0.317 e. The molecule has 4 aromatic rings. The van der Waals surface area contributed by atoms with E-state index in [1.165, 1.54) is 17.3 Å². The topological polar surface area (TPSA) is 120 Å². The number of aliphatic hydroxyl groups is 1. The van der Waals surface area contributed by atoms with Crippen LogP contribution in [0, 0.1) is 0 Å². The molecule has 0 aliphatic heterocycles. The Hall–Kier alpha value is -2.95. The monoisotopic (exact) mass is 540 g/mol. The highest BCUT2D eigenvalue weighted by atomic mass is 35.5. The molecule has 2 aromatic carbocycles. The van der Waals surface area contributed by atoms with Crippen LogP contribution in [0.5, 0.6) is 0 Å². The van der Waals surface area contributed by atoms with Crippen LogP contribution >= 0.6 is 23.4 Å². The van der Waals surface area contributed by atoms with Crippen molar-refractivity contribution in [2.24, 2.45) is 0 Å². The van der Waals surface area contributed by atoms with Crippen molar-refractivity contribution < 1.29 is 19.7 Å². The van der Waals surface area contributed by atoms with Gasteiger partial charge in [-0.3, -0.25) is 4.79 Å². The first-order chi connectivity index (χ1) is 18.0. The summed E-state index contributed by atoms with van der Waals surface area (Å²) in [6.45, 7) is 4.28. The second-order valence-electron chi connectivity index (χ2n) is 8.37. The number of H-pyrrole nitrogens is 1. The first-order valence-corrected chi connectivity index (χ1v) is 13.3. The van der Waals surface area contributed by atoms with Crippen LogP contribution in [0.1, 0.15) is 18.9 Å². The van der Waals surface area contributed by atoms with Gasteiger partial charge in [-0.05, 0) is 29.2 Å². The molecule has 0 aliphatic carbocycles. The van der Waals surface area contributed by atoms with Crippen molar-refractivity contribution in [1.82, 2.24) is 20.3 Å². The van der Waals surface area contributed by atoms with Gasteiger partial charge in [-0.2, -0.15) is 0 Å². The lowest BCUT2D eigenvalue weighted by molar-refractivity contribution is -0.136. The molecule has 0 spiro atoms. The van der Waals surface area contributed by atoms with Crippen LogP contribution in [0.15, 0.2) is 59.8 Å². The predicted molar refractivity (Wildman–Crippen MR) is 147 cm³/mol. The quantitative estimate of drug-likeness (QED) is 0.138. The molecule has 4 rings (SSSR count). The second kappa shape index (κ2) is 13.0. The van der Waals surface area contributed by atoms with E-state index in [9.17, 15) is 9.90 Å². The minimum absolute atomic E-state index is 0.0427. The maximum Gasteiger partial charge on any atom is 0.317 e. The molecule has 4 N–H and O–H groups in total. The summed E-state index contributed by atoms with van der Waals surface area (Å²) in [5.74, 6) is -0.869. The Morgan fingerprint density at radius 2 is 1.76 bits per heavy atom. The molecule has 1 atom stereocenters. The number of ether oxygens (including phenoxy) is 1. The zero-order valence-electron chi connectivity index (χ0n) is 20.4. The number of aromatic nitrogens is 3. The van der Waals surface area contributed by atoms with Gasteiger partial charge in [-0.1, -0.05) is 78.8 Å². The molecule has 2 heterocycles. The summed E-state index contributed by atoms with van der Waals surface area (Å²) in [5.41, 5.74) is 6.02. The number of halogens is 1. The molecule has 0 radical (unpaired) electrons. The third kappa shape index (κ3) is 7.09. The summed E-state index contributed by atoms with van der Waals surface area (Å²) in [4.78, 5) is 23.6. The number of benzene rings is 2. The van der Waals surface area contributed by atoms with Crippen molar-refractivity contribution in [2.45, 2.75) is 30.3 Å². The minimum Gasteiger partial charge on any atom is -0.480 e. The maximum absolute atomic E-state index is 11.4. The van der Waals surface area contributed by atoms with Gasteiger partial charge < -0.3 is 25.3 Å². The van der Waals surface area contributed by atoms with E-state index < -0.39 is 11.2 Å². The number of aliphatic hydroxyl groups excluding tert-OH is 1. The Morgan fingerprint density at radius 3 is 2.41 bits per heavy atom. The van der Waals surface area contributed by atoms with Gasteiger partial charge in [0.05, 0.1) is 36.1 Å². The van der Waals surface area contributed by atoms with Crippen molar-refractivity contribution in [2.75, 3.05) is 26.4 Å². The van der Waals surface area contributed by atoms with E-state index in [0.717, 1.165) is 29.8 Å². The molecular weight excluding hydrogens is 512 g/mol. The van der Waals surface area contributed by atoms with Gasteiger partial charge in [0.1, 0.15) is 5.25 Å². The van der Waals surface area contributed by atoms with Crippen LogP contribution in [0.2, 0.25) is 5.02 Å². The summed E-state index contributed by atoms with van der Waals surface area (Å²) in [5, 5.41) is 21.8. The zero-order chi connectivity index (χ0) is 26.2. The number of pyridine rings is 1. The standard InChI is InChI=1S/C27H29ClN4O4S/c1-2-23(26(34)35)37-27-30-22-15-21(28)24(31-25(22)32-27)20-9-7-19(8-10-20)18-5-3-17(4-6-18)16-29-11-13-36-14-12-33/h3-10,15,23,29,33H,2,11-14,16H2,1H3,(H,34,35)(H,30,31,32). The molecule has 2 aromatic heterocycles. The van der Waals surface area contributed by atoms with Crippen molar-refractivity contribution in [3.63, 3.8) is 0 Å². The number of imidazole rings is 1. The average molecular weight is 541 g/mol. The third-order valence-corrected chi connectivity index (χ3v) is 7.26.